The number of hydrogen-bond acceptors (Lipinski definition) is 4. The molecule has 1 amide bonds. The lowest BCUT2D eigenvalue weighted by Gasteiger charge is -2.19. The Kier molecular flexibility index (Phi) is 4.16. The quantitative estimate of drug-likeness (QED) is 0.760. The fraction of sp³-hybridized carbons (Fsp3) is 0.250. The second-order valence-electron chi connectivity index (χ2n) is 6.65. The fourth-order valence-corrected chi connectivity index (χ4v) is 3.26. The molecule has 0 unspecified atom stereocenters. The summed E-state index contributed by atoms with van der Waals surface area (Å²) in [7, 11) is 0. The maximum atomic E-state index is 12.6. The molecule has 26 heavy (non-hydrogen) atoms. The van der Waals surface area contributed by atoms with Crippen LogP contribution < -0.4 is 10.2 Å². The number of nitrogens with zero attached hydrogens (tertiary/aromatic N) is 3. The molecule has 2 heterocycles. The van der Waals surface area contributed by atoms with E-state index in [2.05, 4.69) is 49.7 Å². The van der Waals surface area contributed by atoms with Gasteiger partial charge in [0.05, 0.1) is 6.04 Å². The molecule has 0 fully saturated rings. The zero-order valence-corrected chi connectivity index (χ0v) is 14.9. The third kappa shape index (κ3) is 3.18. The van der Waals surface area contributed by atoms with E-state index in [-0.39, 0.29) is 11.9 Å². The van der Waals surface area contributed by atoms with Gasteiger partial charge in [-0.25, -0.2) is 4.98 Å². The van der Waals surface area contributed by atoms with Crippen LogP contribution in [-0.2, 0) is 13.1 Å². The van der Waals surface area contributed by atoms with Crippen LogP contribution in [0.1, 0.15) is 46.1 Å². The largest absolute Gasteiger partial charge is 0.363 e. The summed E-state index contributed by atoms with van der Waals surface area (Å²) in [6.45, 7) is 5.45. The van der Waals surface area contributed by atoms with Gasteiger partial charge >= 0.3 is 0 Å². The first kappa shape index (κ1) is 16.3. The van der Waals surface area contributed by atoms with Gasteiger partial charge in [0.25, 0.3) is 5.91 Å². The summed E-state index contributed by atoms with van der Waals surface area (Å²) < 4.78 is 0. The van der Waals surface area contributed by atoms with Crippen molar-refractivity contribution >= 4 is 11.6 Å². The average molecular weight is 347 g/mol. The molecule has 6 heteroatoms. The van der Waals surface area contributed by atoms with Gasteiger partial charge < -0.3 is 10.2 Å². The second kappa shape index (κ2) is 6.63. The Labute approximate surface area is 152 Å². The van der Waals surface area contributed by atoms with E-state index in [0.29, 0.717) is 11.4 Å². The molecule has 3 aromatic rings. The van der Waals surface area contributed by atoms with E-state index in [0.717, 1.165) is 24.6 Å². The first-order chi connectivity index (χ1) is 12.6. The Morgan fingerprint density at radius 2 is 1.88 bits per heavy atom. The number of aromatic amines is 1. The highest BCUT2D eigenvalue weighted by Gasteiger charge is 2.20. The van der Waals surface area contributed by atoms with Crippen molar-refractivity contribution in [1.82, 2.24) is 20.5 Å². The van der Waals surface area contributed by atoms with Crippen molar-refractivity contribution in [1.29, 1.82) is 0 Å². The van der Waals surface area contributed by atoms with Crippen molar-refractivity contribution < 1.29 is 4.79 Å². The molecular weight excluding hydrogens is 326 g/mol. The average Bonchev–Trinajstić information content (AvgIpc) is 3.28. The molecule has 0 aliphatic carbocycles. The van der Waals surface area contributed by atoms with Crippen LogP contribution in [0.4, 0.5) is 5.69 Å². The number of fused-ring (bicyclic) bond motifs is 1. The van der Waals surface area contributed by atoms with Crippen molar-refractivity contribution in [3.63, 3.8) is 0 Å². The Bertz CT molecular complexity index is 924. The maximum absolute atomic E-state index is 12.6. The number of benzene rings is 2. The van der Waals surface area contributed by atoms with E-state index in [1.165, 1.54) is 11.1 Å². The molecule has 132 valence electrons. The molecule has 2 aromatic carbocycles. The number of anilines is 1. The molecule has 0 spiro atoms. The number of nitrogens with one attached hydrogen (secondary N) is 2. The SMILES string of the molecule is Cc1nc([C@H](C)NC(=O)c2cccc(N3Cc4ccccc4C3)c2)n[nH]1. The Morgan fingerprint density at radius 3 is 2.54 bits per heavy atom. The third-order valence-corrected chi connectivity index (χ3v) is 4.66. The van der Waals surface area contributed by atoms with E-state index < -0.39 is 0 Å². The molecule has 2 N–H and O–H groups in total. The van der Waals surface area contributed by atoms with E-state index in [1.807, 2.05) is 38.1 Å². The lowest BCUT2D eigenvalue weighted by Crippen LogP contribution is -2.27. The normalized spacial score (nSPS) is 14.2. The summed E-state index contributed by atoms with van der Waals surface area (Å²) in [6.07, 6.45) is 0. The molecule has 0 bridgehead atoms. The summed E-state index contributed by atoms with van der Waals surface area (Å²) in [6, 6.07) is 15.9. The van der Waals surface area contributed by atoms with Crippen LogP contribution in [0.15, 0.2) is 48.5 Å². The van der Waals surface area contributed by atoms with Gasteiger partial charge in [-0.3, -0.25) is 9.89 Å². The third-order valence-electron chi connectivity index (χ3n) is 4.66. The van der Waals surface area contributed by atoms with Crippen LogP contribution in [0.25, 0.3) is 0 Å². The predicted octanol–water partition coefficient (Wildman–Crippen LogP) is 3.12. The Balaban J connectivity index is 1.48. The highest BCUT2D eigenvalue weighted by atomic mass is 16.1. The molecule has 1 aromatic heterocycles. The van der Waals surface area contributed by atoms with Crippen molar-refractivity contribution in [3.8, 4) is 0 Å². The number of carbonyl (C=O) groups excluding carboxylic acids is 1. The number of rotatable bonds is 4. The van der Waals surface area contributed by atoms with Crippen LogP contribution in [0.3, 0.4) is 0 Å². The summed E-state index contributed by atoms with van der Waals surface area (Å²) in [5.41, 5.74) is 4.37. The van der Waals surface area contributed by atoms with Gasteiger partial charge in [0, 0.05) is 24.3 Å². The minimum absolute atomic E-state index is 0.126. The number of aromatic nitrogens is 3. The zero-order chi connectivity index (χ0) is 18.1. The molecule has 1 aliphatic heterocycles. The molecular formula is C20H21N5O. The molecule has 6 nitrogen and oxygen atoms in total. The topological polar surface area (TPSA) is 73.9 Å². The summed E-state index contributed by atoms with van der Waals surface area (Å²) in [5.74, 6) is 1.19. The van der Waals surface area contributed by atoms with Crippen molar-refractivity contribution in [2.24, 2.45) is 0 Å². The van der Waals surface area contributed by atoms with Gasteiger partial charge in [0.15, 0.2) is 5.82 Å². The fourth-order valence-electron chi connectivity index (χ4n) is 3.26. The van der Waals surface area contributed by atoms with Crippen molar-refractivity contribution in [2.45, 2.75) is 33.0 Å². The minimum Gasteiger partial charge on any atom is -0.363 e. The number of H-pyrrole nitrogens is 1. The lowest BCUT2D eigenvalue weighted by molar-refractivity contribution is 0.0938. The summed E-state index contributed by atoms with van der Waals surface area (Å²) in [4.78, 5) is 19.2. The van der Waals surface area contributed by atoms with E-state index in [9.17, 15) is 4.79 Å². The summed E-state index contributed by atoms with van der Waals surface area (Å²) in [5, 5.41) is 9.86. The van der Waals surface area contributed by atoms with Gasteiger partial charge in [0.2, 0.25) is 0 Å². The van der Waals surface area contributed by atoms with Crippen LogP contribution in [0.5, 0.6) is 0 Å². The number of hydrogen-bond donors (Lipinski definition) is 2. The standard InChI is InChI=1S/C20H21N5O/c1-13(19-22-14(2)23-24-19)21-20(26)15-8-5-9-18(10-15)25-11-16-6-3-4-7-17(16)12-25/h3-10,13H,11-12H2,1-2H3,(H,21,26)(H,22,23,24)/t13-/m0/s1. The highest BCUT2D eigenvalue weighted by Crippen LogP contribution is 2.28. The van der Waals surface area contributed by atoms with Crippen molar-refractivity contribution in [3.05, 3.63) is 76.9 Å². The molecule has 4 rings (SSSR count). The van der Waals surface area contributed by atoms with Crippen LogP contribution >= 0.6 is 0 Å². The molecule has 1 aliphatic rings. The zero-order valence-electron chi connectivity index (χ0n) is 14.9. The first-order valence-corrected chi connectivity index (χ1v) is 8.72. The second-order valence-corrected chi connectivity index (χ2v) is 6.65. The molecule has 0 radical (unpaired) electrons. The molecule has 0 saturated heterocycles. The monoisotopic (exact) mass is 347 g/mol. The van der Waals surface area contributed by atoms with Crippen molar-refractivity contribution in [2.75, 3.05) is 4.90 Å². The number of aryl methyl sites for hydroxylation is 1. The molecule has 1 atom stereocenters. The first-order valence-electron chi connectivity index (χ1n) is 8.72. The van der Waals surface area contributed by atoms with Gasteiger partial charge in [-0.2, -0.15) is 5.10 Å². The highest BCUT2D eigenvalue weighted by molar-refractivity contribution is 5.95. The van der Waals surface area contributed by atoms with Crippen LogP contribution in [-0.4, -0.2) is 21.1 Å². The predicted molar refractivity (Wildman–Crippen MR) is 99.8 cm³/mol. The van der Waals surface area contributed by atoms with E-state index in [1.54, 1.807) is 0 Å². The molecule has 0 saturated carbocycles. The Hall–Kier alpha value is -3.15. The number of carbonyl (C=O) groups is 1. The lowest BCUT2D eigenvalue weighted by atomic mass is 10.1. The van der Waals surface area contributed by atoms with E-state index >= 15 is 0 Å². The van der Waals surface area contributed by atoms with Crippen LogP contribution in [0.2, 0.25) is 0 Å². The van der Waals surface area contributed by atoms with Gasteiger partial charge in [-0.05, 0) is 43.2 Å². The van der Waals surface area contributed by atoms with Gasteiger partial charge in [-0.15, -0.1) is 0 Å². The smallest absolute Gasteiger partial charge is 0.251 e. The van der Waals surface area contributed by atoms with Crippen LogP contribution in [0, 0.1) is 6.92 Å². The number of amides is 1. The van der Waals surface area contributed by atoms with E-state index in [4.69, 9.17) is 0 Å². The maximum Gasteiger partial charge on any atom is 0.251 e. The van der Waals surface area contributed by atoms with Gasteiger partial charge in [0.1, 0.15) is 5.82 Å². The minimum atomic E-state index is -0.257. The van der Waals surface area contributed by atoms with Gasteiger partial charge in [-0.1, -0.05) is 30.3 Å². The summed E-state index contributed by atoms with van der Waals surface area (Å²) >= 11 is 0. The Morgan fingerprint density at radius 1 is 1.15 bits per heavy atom.